The van der Waals surface area contributed by atoms with Gasteiger partial charge in [0, 0.05) is 18.2 Å². The van der Waals surface area contributed by atoms with Crippen LogP contribution in [0.2, 0.25) is 0 Å². The third-order valence-corrected chi connectivity index (χ3v) is 2.79. The van der Waals surface area contributed by atoms with Crippen molar-refractivity contribution in [2.45, 2.75) is 20.3 Å². The van der Waals surface area contributed by atoms with Crippen molar-refractivity contribution in [3.8, 4) is 0 Å². The van der Waals surface area contributed by atoms with E-state index < -0.39 is 5.91 Å². The molecule has 0 bridgehead atoms. The first kappa shape index (κ1) is 15.2. The van der Waals surface area contributed by atoms with Crippen molar-refractivity contribution in [2.24, 2.45) is 11.7 Å². The van der Waals surface area contributed by atoms with Crippen molar-refractivity contribution in [3.05, 3.63) is 29.8 Å². The molecule has 0 saturated heterocycles. The van der Waals surface area contributed by atoms with Gasteiger partial charge < -0.3 is 16.4 Å². The minimum Gasteiger partial charge on any atom is -0.369 e. The highest BCUT2D eigenvalue weighted by Crippen LogP contribution is 2.16. The fraction of sp³-hybridized carbons (Fsp3) is 0.429. The number of rotatable bonds is 7. The smallest absolute Gasteiger partial charge is 0.228 e. The highest BCUT2D eigenvalue weighted by atomic mass is 16.2. The average molecular weight is 263 g/mol. The van der Waals surface area contributed by atoms with Crippen molar-refractivity contribution in [3.63, 3.8) is 0 Å². The molecular weight excluding hydrogens is 242 g/mol. The van der Waals surface area contributed by atoms with Crippen LogP contribution in [-0.2, 0) is 16.0 Å². The maximum Gasteiger partial charge on any atom is 0.228 e. The van der Waals surface area contributed by atoms with Crippen LogP contribution in [0, 0.1) is 5.92 Å². The van der Waals surface area contributed by atoms with Crippen molar-refractivity contribution < 1.29 is 9.59 Å². The van der Waals surface area contributed by atoms with Crippen molar-refractivity contribution in [2.75, 3.05) is 18.4 Å². The molecule has 0 aliphatic heterocycles. The Kier molecular flexibility index (Phi) is 6.02. The Morgan fingerprint density at radius 3 is 2.63 bits per heavy atom. The van der Waals surface area contributed by atoms with E-state index in [2.05, 4.69) is 10.6 Å². The molecule has 1 rings (SSSR count). The van der Waals surface area contributed by atoms with Crippen LogP contribution in [0.15, 0.2) is 24.3 Å². The highest BCUT2D eigenvalue weighted by Gasteiger charge is 2.14. The second kappa shape index (κ2) is 7.53. The Hall–Kier alpha value is -1.88. The van der Waals surface area contributed by atoms with Gasteiger partial charge in [-0.1, -0.05) is 32.0 Å². The van der Waals surface area contributed by atoms with Crippen molar-refractivity contribution in [1.29, 1.82) is 0 Å². The number of amides is 2. The summed E-state index contributed by atoms with van der Waals surface area (Å²) in [5, 5.41) is 5.96. The molecule has 19 heavy (non-hydrogen) atoms. The summed E-state index contributed by atoms with van der Waals surface area (Å²) in [6, 6.07) is 7.19. The molecule has 0 radical (unpaired) electrons. The van der Waals surface area contributed by atoms with E-state index in [4.69, 9.17) is 5.73 Å². The van der Waals surface area contributed by atoms with Gasteiger partial charge in [-0.25, -0.2) is 0 Å². The van der Waals surface area contributed by atoms with Gasteiger partial charge in [0.1, 0.15) is 0 Å². The monoisotopic (exact) mass is 263 g/mol. The minimum absolute atomic E-state index is 0.0714. The summed E-state index contributed by atoms with van der Waals surface area (Å²) < 4.78 is 0. The molecular formula is C14H21N3O2. The summed E-state index contributed by atoms with van der Waals surface area (Å²) in [6.07, 6.45) is 0.123. The highest BCUT2D eigenvalue weighted by molar-refractivity contribution is 5.94. The lowest BCUT2D eigenvalue weighted by Gasteiger charge is -2.14. The molecule has 0 aliphatic rings. The zero-order valence-corrected chi connectivity index (χ0v) is 11.4. The Morgan fingerprint density at radius 1 is 1.32 bits per heavy atom. The lowest BCUT2D eigenvalue weighted by atomic mass is 10.1. The molecule has 1 atom stereocenters. The fourth-order valence-corrected chi connectivity index (χ4v) is 1.69. The van der Waals surface area contributed by atoms with Crippen LogP contribution in [0.25, 0.3) is 0 Å². The topological polar surface area (TPSA) is 84.2 Å². The number of nitrogens with two attached hydrogens (primary N) is 1. The molecule has 0 spiro atoms. The summed E-state index contributed by atoms with van der Waals surface area (Å²) >= 11 is 0. The third kappa shape index (κ3) is 5.09. The molecule has 0 fully saturated rings. The predicted molar refractivity (Wildman–Crippen MR) is 75.7 cm³/mol. The molecule has 1 aromatic carbocycles. The van der Waals surface area contributed by atoms with Crippen LogP contribution in [0.4, 0.5) is 5.69 Å². The molecule has 2 amide bonds. The van der Waals surface area contributed by atoms with Crippen LogP contribution < -0.4 is 16.4 Å². The number of anilines is 1. The summed E-state index contributed by atoms with van der Waals surface area (Å²) in [7, 11) is 0. The number of carbonyl (C=O) groups is 2. The van der Waals surface area contributed by atoms with Gasteiger partial charge in [-0.2, -0.15) is 0 Å². The summed E-state index contributed by atoms with van der Waals surface area (Å²) in [5.41, 5.74) is 6.57. The number of para-hydroxylation sites is 1. The van der Waals surface area contributed by atoms with Gasteiger partial charge in [-0.3, -0.25) is 9.59 Å². The Bertz CT molecular complexity index is 446. The first-order valence-electron chi connectivity index (χ1n) is 6.42. The van der Waals surface area contributed by atoms with E-state index in [-0.39, 0.29) is 18.2 Å². The first-order chi connectivity index (χ1) is 9.04. The lowest BCUT2D eigenvalue weighted by molar-refractivity contribution is -0.119. The average Bonchev–Trinajstić information content (AvgIpc) is 2.37. The molecule has 0 saturated carbocycles. The molecule has 0 aliphatic carbocycles. The predicted octanol–water partition coefficient (Wildman–Crippen LogP) is 0.898. The molecule has 4 N–H and O–H groups in total. The van der Waals surface area contributed by atoms with Gasteiger partial charge in [-0.15, -0.1) is 0 Å². The van der Waals surface area contributed by atoms with Crippen LogP contribution >= 0.6 is 0 Å². The van der Waals surface area contributed by atoms with Crippen LogP contribution in [0.1, 0.15) is 19.4 Å². The molecule has 5 nitrogen and oxygen atoms in total. The lowest BCUT2D eigenvalue weighted by Crippen LogP contribution is -2.30. The molecule has 104 valence electrons. The normalized spacial score (nSPS) is 11.9. The Morgan fingerprint density at radius 2 is 2.00 bits per heavy atom. The van der Waals surface area contributed by atoms with Crippen molar-refractivity contribution in [1.82, 2.24) is 5.32 Å². The van der Waals surface area contributed by atoms with E-state index in [9.17, 15) is 9.59 Å². The molecule has 1 aromatic rings. The zero-order chi connectivity index (χ0) is 14.3. The van der Waals surface area contributed by atoms with Gasteiger partial charge in [-0.05, 0) is 18.2 Å². The number of benzene rings is 1. The third-order valence-electron chi connectivity index (χ3n) is 2.79. The summed E-state index contributed by atoms with van der Waals surface area (Å²) in [4.78, 5) is 23.0. The molecule has 0 aromatic heterocycles. The van der Waals surface area contributed by atoms with E-state index in [1.165, 1.54) is 0 Å². The standard InChI is InChI=1S/C14H21N3O2/c1-3-16-9-10(2)14(19)17-12-7-5-4-6-11(12)8-13(15)18/h4-7,10,16H,3,8-9H2,1-2H3,(H2,15,18)(H,17,19). The van der Waals surface area contributed by atoms with Gasteiger partial charge >= 0.3 is 0 Å². The second-order valence-electron chi connectivity index (χ2n) is 4.50. The SMILES string of the molecule is CCNCC(C)C(=O)Nc1ccccc1CC(N)=O. The van der Waals surface area contributed by atoms with E-state index in [1.54, 1.807) is 12.1 Å². The van der Waals surface area contributed by atoms with Crippen LogP contribution in [-0.4, -0.2) is 24.9 Å². The van der Waals surface area contributed by atoms with Gasteiger partial charge in [0.2, 0.25) is 11.8 Å². The van der Waals surface area contributed by atoms with Crippen LogP contribution in [0.3, 0.4) is 0 Å². The number of hydrogen-bond donors (Lipinski definition) is 3. The van der Waals surface area contributed by atoms with Gasteiger partial charge in [0.15, 0.2) is 0 Å². The molecule has 1 unspecified atom stereocenters. The largest absolute Gasteiger partial charge is 0.369 e. The number of primary amides is 1. The Balaban J connectivity index is 2.70. The fourth-order valence-electron chi connectivity index (χ4n) is 1.69. The summed E-state index contributed by atoms with van der Waals surface area (Å²) in [6.45, 7) is 5.30. The van der Waals surface area contributed by atoms with E-state index in [0.717, 1.165) is 12.1 Å². The maximum absolute atomic E-state index is 12.0. The summed E-state index contributed by atoms with van der Waals surface area (Å²) in [5.74, 6) is -0.623. The number of nitrogens with one attached hydrogen (secondary N) is 2. The molecule has 5 heteroatoms. The van der Waals surface area contributed by atoms with Crippen LogP contribution in [0.5, 0.6) is 0 Å². The quantitative estimate of drug-likeness (QED) is 0.683. The Labute approximate surface area is 113 Å². The maximum atomic E-state index is 12.0. The number of hydrogen-bond acceptors (Lipinski definition) is 3. The number of carbonyl (C=O) groups excluding carboxylic acids is 2. The molecule has 0 heterocycles. The zero-order valence-electron chi connectivity index (χ0n) is 11.4. The first-order valence-corrected chi connectivity index (χ1v) is 6.42. The van der Waals surface area contributed by atoms with E-state index >= 15 is 0 Å². The van der Waals surface area contributed by atoms with Gasteiger partial charge in [0.25, 0.3) is 0 Å². The van der Waals surface area contributed by atoms with E-state index in [1.807, 2.05) is 26.0 Å². The van der Waals surface area contributed by atoms with Crippen molar-refractivity contribution >= 4 is 17.5 Å². The second-order valence-corrected chi connectivity index (χ2v) is 4.50. The minimum atomic E-state index is -0.414. The van der Waals surface area contributed by atoms with Gasteiger partial charge in [0.05, 0.1) is 6.42 Å². The van der Waals surface area contributed by atoms with E-state index in [0.29, 0.717) is 12.2 Å².